The summed E-state index contributed by atoms with van der Waals surface area (Å²) in [5.74, 6) is 0. The Balaban J connectivity index is 1.84. The highest BCUT2D eigenvalue weighted by Crippen LogP contribution is 2.24. The van der Waals surface area contributed by atoms with Crippen LogP contribution in [0, 0.1) is 0 Å². The third-order valence-electron chi connectivity index (χ3n) is 3.93. The average molecular weight is 322 g/mol. The van der Waals surface area contributed by atoms with Gasteiger partial charge in [-0.2, -0.15) is 0 Å². The Morgan fingerprint density at radius 2 is 1.83 bits per heavy atom. The van der Waals surface area contributed by atoms with E-state index in [1.807, 2.05) is 0 Å². The Labute approximate surface area is 131 Å². The standard InChI is InChI=1S/C15H18N2O6/c18-6-10-12(20)13(21)14(22)15(23-10)16-8-3-1-7-2-4-11(19)17-9(7)5-8/h1-5,10,12-16,18,20-22H,6H2,(H,17,19)/t10-,12-,13+,14-,15+/m1/s1. The predicted octanol–water partition coefficient (Wildman–Crippen LogP) is -1.26. The minimum atomic E-state index is -1.45. The van der Waals surface area contributed by atoms with E-state index in [-0.39, 0.29) is 5.56 Å². The number of ether oxygens (including phenoxy) is 1. The summed E-state index contributed by atoms with van der Waals surface area (Å²) < 4.78 is 5.38. The quantitative estimate of drug-likeness (QED) is 0.415. The topological polar surface area (TPSA) is 135 Å². The number of fused-ring (bicyclic) bond motifs is 1. The van der Waals surface area contributed by atoms with E-state index in [1.54, 1.807) is 24.3 Å². The zero-order valence-corrected chi connectivity index (χ0v) is 12.1. The number of pyridine rings is 1. The summed E-state index contributed by atoms with van der Waals surface area (Å²) in [6.45, 7) is -0.492. The van der Waals surface area contributed by atoms with Gasteiger partial charge >= 0.3 is 0 Å². The second-order valence-corrected chi connectivity index (χ2v) is 5.52. The van der Waals surface area contributed by atoms with Crippen molar-refractivity contribution in [3.63, 3.8) is 0 Å². The lowest BCUT2D eigenvalue weighted by atomic mass is 9.98. The van der Waals surface area contributed by atoms with Gasteiger partial charge in [0.1, 0.15) is 24.4 Å². The molecular weight excluding hydrogens is 304 g/mol. The molecule has 0 bridgehead atoms. The number of hydrogen-bond acceptors (Lipinski definition) is 7. The maximum absolute atomic E-state index is 11.4. The van der Waals surface area contributed by atoms with Crippen molar-refractivity contribution in [3.8, 4) is 0 Å². The zero-order chi connectivity index (χ0) is 16.6. The fourth-order valence-corrected chi connectivity index (χ4v) is 2.62. The maximum Gasteiger partial charge on any atom is 0.248 e. The van der Waals surface area contributed by atoms with E-state index in [0.29, 0.717) is 11.2 Å². The molecule has 8 heteroatoms. The van der Waals surface area contributed by atoms with Gasteiger partial charge in [-0.05, 0) is 23.6 Å². The van der Waals surface area contributed by atoms with Gasteiger partial charge in [0.05, 0.1) is 12.1 Å². The number of aliphatic hydroxyl groups excluding tert-OH is 4. The van der Waals surface area contributed by atoms with Gasteiger partial charge in [0, 0.05) is 11.8 Å². The molecule has 6 N–H and O–H groups in total. The van der Waals surface area contributed by atoms with Gasteiger partial charge in [0.15, 0.2) is 6.23 Å². The summed E-state index contributed by atoms with van der Waals surface area (Å²) in [7, 11) is 0. The molecule has 0 spiro atoms. The molecule has 0 unspecified atom stereocenters. The Hall–Kier alpha value is -1.97. The first kappa shape index (κ1) is 15.9. The number of aromatic nitrogens is 1. The monoisotopic (exact) mass is 322 g/mol. The van der Waals surface area contributed by atoms with E-state index in [2.05, 4.69) is 10.3 Å². The molecule has 0 amide bonds. The Bertz CT molecular complexity index is 746. The van der Waals surface area contributed by atoms with Crippen molar-refractivity contribution in [2.24, 2.45) is 0 Å². The van der Waals surface area contributed by atoms with Crippen LogP contribution >= 0.6 is 0 Å². The second kappa shape index (κ2) is 6.26. The molecule has 1 aliphatic heterocycles. The minimum Gasteiger partial charge on any atom is -0.394 e. The Morgan fingerprint density at radius 3 is 2.57 bits per heavy atom. The van der Waals surface area contributed by atoms with Crippen molar-refractivity contribution in [2.75, 3.05) is 11.9 Å². The molecule has 0 aliphatic carbocycles. The lowest BCUT2D eigenvalue weighted by Crippen LogP contribution is -2.60. The van der Waals surface area contributed by atoms with Crippen LogP contribution in [0.2, 0.25) is 0 Å². The Kier molecular flexibility index (Phi) is 4.33. The molecule has 2 aromatic rings. The third kappa shape index (κ3) is 3.07. The van der Waals surface area contributed by atoms with Crippen molar-refractivity contribution in [1.29, 1.82) is 0 Å². The molecule has 1 aliphatic rings. The van der Waals surface area contributed by atoms with E-state index in [0.717, 1.165) is 5.39 Å². The molecule has 0 saturated carbocycles. The molecule has 1 saturated heterocycles. The van der Waals surface area contributed by atoms with Crippen LogP contribution in [0.1, 0.15) is 0 Å². The molecule has 1 aromatic carbocycles. The van der Waals surface area contributed by atoms with Crippen molar-refractivity contribution in [3.05, 3.63) is 40.7 Å². The molecule has 23 heavy (non-hydrogen) atoms. The van der Waals surface area contributed by atoms with E-state index in [1.165, 1.54) is 6.07 Å². The number of aliphatic hydroxyl groups is 4. The van der Waals surface area contributed by atoms with E-state index in [9.17, 15) is 25.2 Å². The lowest BCUT2D eigenvalue weighted by molar-refractivity contribution is -0.221. The fraction of sp³-hybridized carbons (Fsp3) is 0.400. The average Bonchev–Trinajstić information content (AvgIpc) is 2.55. The van der Waals surface area contributed by atoms with Gasteiger partial charge in [-0.25, -0.2) is 0 Å². The Morgan fingerprint density at radius 1 is 1.09 bits per heavy atom. The van der Waals surface area contributed by atoms with Crippen LogP contribution in [0.15, 0.2) is 35.1 Å². The molecule has 1 fully saturated rings. The van der Waals surface area contributed by atoms with Crippen LogP contribution in [0.3, 0.4) is 0 Å². The summed E-state index contributed by atoms with van der Waals surface area (Å²) in [5, 5.41) is 42.4. The number of benzene rings is 1. The molecule has 3 rings (SSSR count). The first-order valence-corrected chi connectivity index (χ1v) is 7.20. The van der Waals surface area contributed by atoms with Crippen molar-refractivity contribution >= 4 is 16.6 Å². The van der Waals surface area contributed by atoms with Crippen molar-refractivity contribution in [1.82, 2.24) is 4.98 Å². The van der Waals surface area contributed by atoms with Gasteiger partial charge < -0.3 is 35.5 Å². The van der Waals surface area contributed by atoms with Crippen LogP contribution < -0.4 is 10.9 Å². The normalized spacial score (nSPS) is 31.2. The highest BCUT2D eigenvalue weighted by atomic mass is 16.6. The number of aromatic amines is 1. The molecule has 2 heterocycles. The largest absolute Gasteiger partial charge is 0.394 e. The lowest BCUT2D eigenvalue weighted by Gasteiger charge is -2.40. The predicted molar refractivity (Wildman–Crippen MR) is 82.0 cm³/mol. The van der Waals surface area contributed by atoms with Crippen LogP contribution in [-0.2, 0) is 4.74 Å². The van der Waals surface area contributed by atoms with Crippen molar-refractivity contribution in [2.45, 2.75) is 30.6 Å². The molecule has 1 aromatic heterocycles. The molecular formula is C15H18N2O6. The van der Waals surface area contributed by atoms with E-state index >= 15 is 0 Å². The summed E-state index contributed by atoms with van der Waals surface area (Å²) in [4.78, 5) is 14.1. The van der Waals surface area contributed by atoms with Crippen LogP contribution in [0.4, 0.5) is 5.69 Å². The van der Waals surface area contributed by atoms with Crippen LogP contribution in [0.25, 0.3) is 10.9 Å². The highest BCUT2D eigenvalue weighted by Gasteiger charge is 2.43. The third-order valence-corrected chi connectivity index (χ3v) is 3.93. The number of nitrogens with one attached hydrogen (secondary N) is 2. The smallest absolute Gasteiger partial charge is 0.248 e. The first-order chi connectivity index (χ1) is 11.0. The van der Waals surface area contributed by atoms with Crippen LogP contribution in [0.5, 0.6) is 0 Å². The van der Waals surface area contributed by atoms with Gasteiger partial charge in [0.2, 0.25) is 5.56 Å². The summed E-state index contributed by atoms with van der Waals surface area (Å²) in [5.41, 5.74) is 0.915. The van der Waals surface area contributed by atoms with Gasteiger partial charge in [-0.15, -0.1) is 0 Å². The van der Waals surface area contributed by atoms with E-state index in [4.69, 9.17) is 4.74 Å². The fourth-order valence-electron chi connectivity index (χ4n) is 2.62. The maximum atomic E-state index is 11.4. The molecule has 5 atom stereocenters. The molecule has 124 valence electrons. The summed E-state index contributed by atoms with van der Waals surface area (Å²) in [6, 6.07) is 8.27. The van der Waals surface area contributed by atoms with Crippen molar-refractivity contribution < 1.29 is 25.2 Å². The summed E-state index contributed by atoms with van der Waals surface area (Å²) >= 11 is 0. The van der Waals surface area contributed by atoms with Gasteiger partial charge in [-0.1, -0.05) is 6.07 Å². The summed E-state index contributed by atoms with van der Waals surface area (Å²) in [6.07, 6.45) is -6.22. The zero-order valence-electron chi connectivity index (χ0n) is 12.1. The second-order valence-electron chi connectivity index (χ2n) is 5.52. The van der Waals surface area contributed by atoms with Crippen LogP contribution in [-0.4, -0.2) is 62.7 Å². The van der Waals surface area contributed by atoms with E-state index < -0.39 is 37.3 Å². The SMILES string of the molecule is O=c1ccc2ccc(N[C@H]3O[C@H](CO)[C@@H](O)[C@H](O)[C@H]3O)cc2[nH]1. The number of rotatable bonds is 3. The number of hydrogen-bond donors (Lipinski definition) is 6. The number of H-pyrrole nitrogens is 1. The number of anilines is 1. The van der Waals surface area contributed by atoms with Gasteiger partial charge in [0.25, 0.3) is 0 Å². The minimum absolute atomic E-state index is 0.234. The first-order valence-electron chi connectivity index (χ1n) is 7.20. The van der Waals surface area contributed by atoms with Gasteiger partial charge in [-0.3, -0.25) is 4.79 Å². The molecule has 0 radical (unpaired) electrons. The highest BCUT2D eigenvalue weighted by molar-refractivity contribution is 5.81. The molecule has 8 nitrogen and oxygen atoms in total.